The number of benzene rings is 1. The highest BCUT2D eigenvalue weighted by atomic mass is 19.2. The number of hydrogen-bond donors (Lipinski definition) is 1. The topological polar surface area (TPSA) is 84.5 Å². The quantitative estimate of drug-likeness (QED) is 0.722. The van der Waals surface area contributed by atoms with E-state index < -0.39 is 23.2 Å². The van der Waals surface area contributed by atoms with Crippen LogP contribution in [0.25, 0.3) is 5.78 Å². The van der Waals surface area contributed by atoms with E-state index in [9.17, 15) is 18.4 Å². The first-order valence-corrected chi connectivity index (χ1v) is 9.37. The first kappa shape index (κ1) is 19.0. The van der Waals surface area contributed by atoms with Crippen molar-refractivity contribution < 1.29 is 13.6 Å². The minimum Gasteiger partial charge on any atom is -0.356 e. The largest absolute Gasteiger partial charge is 0.356 e. The molecule has 1 N–H and O–H groups in total. The van der Waals surface area contributed by atoms with Crippen LogP contribution in [0, 0.1) is 17.6 Å². The number of fused-ring (bicyclic) bond motifs is 1. The van der Waals surface area contributed by atoms with Crippen molar-refractivity contribution in [3.8, 4) is 0 Å². The minimum atomic E-state index is -1.07. The number of hydrogen-bond acceptors (Lipinski definition) is 5. The lowest BCUT2D eigenvalue weighted by atomic mass is 10.0. The Morgan fingerprint density at radius 2 is 2.10 bits per heavy atom. The average Bonchev–Trinajstić information content (AvgIpc) is 2.99. The Labute approximate surface area is 164 Å². The molecular formula is C19H20F2N6O2. The molecule has 0 bridgehead atoms. The van der Waals surface area contributed by atoms with Gasteiger partial charge in [-0.3, -0.25) is 4.79 Å². The Bertz CT molecular complexity index is 1130. The van der Waals surface area contributed by atoms with E-state index in [2.05, 4.69) is 27.2 Å². The summed E-state index contributed by atoms with van der Waals surface area (Å²) in [4.78, 5) is 31.3. The number of amides is 1. The van der Waals surface area contributed by atoms with Crippen LogP contribution in [0.3, 0.4) is 0 Å². The fourth-order valence-electron chi connectivity index (χ4n) is 3.48. The summed E-state index contributed by atoms with van der Waals surface area (Å²) in [6.07, 6.45) is 3.86. The van der Waals surface area contributed by atoms with Gasteiger partial charge in [-0.05, 0) is 37.0 Å². The predicted octanol–water partition coefficient (Wildman–Crippen LogP) is 2.04. The van der Waals surface area contributed by atoms with Crippen molar-refractivity contribution in [1.82, 2.24) is 19.2 Å². The van der Waals surface area contributed by atoms with Gasteiger partial charge < -0.3 is 10.2 Å². The molecule has 1 atom stereocenters. The fourth-order valence-corrected chi connectivity index (χ4v) is 3.48. The molecule has 0 radical (unpaired) electrons. The molecule has 2 aromatic heterocycles. The second kappa shape index (κ2) is 7.61. The van der Waals surface area contributed by atoms with Crippen LogP contribution in [0.15, 0.2) is 35.3 Å². The fraction of sp³-hybridized carbons (Fsp3) is 0.368. The van der Waals surface area contributed by atoms with Crippen molar-refractivity contribution in [2.75, 3.05) is 23.3 Å². The Kier molecular flexibility index (Phi) is 4.99. The molecule has 152 valence electrons. The lowest BCUT2D eigenvalue weighted by Crippen LogP contribution is -2.34. The van der Waals surface area contributed by atoms with Crippen molar-refractivity contribution in [3.05, 3.63) is 52.6 Å². The molecule has 4 rings (SSSR count). The van der Waals surface area contributed by atoms with E-state index in [0.29, 0.717) is 5.92 Å². The van der Waals surface area contributed by atoms with Gasteiger partial charge in [-0.1, -0.05) is 6.92 Å². The van der Waals surface area contributed by atoms with Gasteiger partial charge in [0.05, 0.1) is 0 Å². The summed E-state index contributed by atoms with van der Waals surface area (Å²) < 4.78 is 28.5. The van der Waals surface area contributed by atoms with Gasteiger partial charge in [0.25, 0.3) is 5.78 Å². The zero-order valence-electron chi connectivity index (χ0n) is 15.8. The van der Waals surface area contributed by atoms with Gasteiger partial charge in [0.2, 0.25) is 5.91 Å². The predicted molar refractivity (Wildman–Crippen MR) is 103 cm³/mol. The number of halogens is 2. The maximum Gasteiger partial charge on any atom is 0.352 e. The third-order valence-electron chi connectivity index (χ3n) is 4.92. The van der Waals surface area contributed by atoms with E-state index in [4.69, 9.17) is 0 Å². The van der Waals surface area contributed by atoms with Crippen molar-refractivity contribution >= 4 is 23.2 Å². The monoisotopic (exact) mass is 402 g/mol. The molecule has 10 heteroatoms. The van der Waals surface area contributed by atoms with Gasteiger partial charge in [0.1, 0.15) is 12.4 Å². The van der Waals surface area contributed by atoms with Crippen LogP contribution in [0.1, 0.15) is 19.8 Å². The molecule has 8 nitrogen and oxygen atoms in total. The van der Waals surface area contributed by atoms with E-state index in [0.717, 1.165) is 42.1 Å². The normalized spacial score (nSPS) is 16.9. The molecular weight excluding hydrogens is 382 g/mol. The van der Waals surface area contributed by atoms with E-state index in [1.807, 2.05) is 0 Å². The molecule has 29 heavy (non-hydrogen) atoms. The van der Waals surface area contributed by atoms with E-state index >= 15 is 0 Å². The maximum atomic E-state index is 13.3. The summed E-state index contributed by atoms with van der Waals surface area (Å²) in [6, 6.07) is 4.78. The highest BCUT2D eigenvalue weighted by molar-refractivity contribution is 5.90. The lowest BCUT2D eigenvalue weighted by molar-refractivity contribution is -0.117. The number of carbonyl (C=O) groups is 1. The molecule has 0 aliphatic carbocycles. The first-order chi connectivity index (χ1) is 13.9. The summed E-state index contributed by atoms with van der Waals surface area (Å²) in [6.45, 7) is 3.60. The van der Waals surface area contributed by atoms with Crippen LogP contribution in [-0.4, -0.2) is 38.2 Å². The summed E-state index contributed by atoms with van der Waals surface area (Å²) in [5.41, 5.74) is -0.420. The molecule has 1 aliphatic rings. The summed E-state index contributed by atoms with van der Waals surface area (Å²) >= 11 is 0. The van der Waals surface area contributed by atoms with Gasteiger partial charge in [-0.15, -0.1) is 5.10 Å². The van der Waals surface area contributed by atoms with Gasteiger partial charge in [0.15, 0.2) is 11.6 Å². The molecule has 3 heterocycles. The number of aromatic nitrogens is 4. The molecule has 0 unspecified atom stereocenters. The number of nitrogens with zero attached hydrogens (tertiary/aromatic N) is 5. The van der Waals surface area contributed by atoms with Crippen molar-refractivity contribution in [2.24, 2.45) is 5.92 Å². The molecule has 3 aromatic rings. The van der Waals surface area contributed by atoms with Gasteiger partial charge in [-0.2, -0.15) is 4.98 Å². The maximum absolute atomic E-state index is 13.3. The Hall–Kier alpha value is -3.30. The van der Waals surface area contributed by atoms with E-state index in [1.165, 1.54) is 16.9 Å². The molecule has 0 saturated carbocycles. The molecule has 1 aromatic carbocycles. The second-order valence-corrected chi connectivity index (χ2v) is 7.27. The molecule has 1 saturated heterocycles. The number of piperidine rings is 1. The molecule has 1 amide bonds. The van der Waals surface area contributed by atoms with Crippen molar-refractivity contribution in [2.45, 2.75) is 26.3 Å². The third-order valence-corrected chi connectivity index (χ3v) is 4.92. The summed E-state index contributed by atoms with van der Waals surface area (Å²) in [5, 5.41) is 6.55. The highest BCUT2D eigenvalue weighted by Gasteiger charge is 2.19. The summed E-state index contributed by atoms with van der Waals surface area (Å²) in [5.74, 6) is -1.16. The number of rotatable bonds is 4. The molecule has 0 spiro atoms. The molecule has 1 aliphatic heterocycles. The Balaban J connectivity index is 1.53. The number of nitrogens with one attached hydrogen (secondary N) is 1. The van der Waals surface area contributed by atoms with Crippen LogP contribution in [0.2, 0.25) is 0 Å². The van der Waals surface area contributed by atoms with Gasteiger partial charge >= 0.3 is 5.69 Å². The van der Waals surface area contributed by atoms with Crippen molar-refractivity contribution in [1.29, 1.82) is 0 Å². The van der Waals surface area contributed by atoms with Crippen LogP contribution >= 0.6 is 0 Å². The van der Waals surface area contributed by atoms with Gasteiger partial charge in [0, 0.05) is 31.0 Å². The Morgan fingerprint density at radius 3 is 2.86 bits per heavy atom. The summed E-state index contributed by atoms with van der Waals surface area (Å²) in [7, 11) is 0. The van der Waals surface area contributed by atoms with Crippen molar-refractivity contribution in [3.63, 3.8) is 0 Å². The second-order valence-electron chi connectivity index (χ2n) is 7.27. The highest BCUT2D eigenvalue weighted by Crippen LogP contribution is 2.21. The standard InChI is InChI=1S/C19H20F2N6O2/c1-12-3-2-7-25(10-12)16-6-8-26-18(23-16)24-27(19(26)29)11-17(28)22-13-4-5-14(20)15(21)9-13/h4-6,8-9,12H,2-3,7,10-11H2,1H3,(H,22,28)/t12-/m0/s1. The lowest BCUT2D eigenvalue weighted by Gasteiger charge is -2.31. The first-order valence-electron chi connectivity index (χ1n) is 9.37. The minimum absolute atomic E-state index is 0.0883. The van der Waals surface area contributed by atoms with Crippen LogP contribution in [0.4, 0.5) is 20.3 Å². The smallest absolute Gasteiger partial charge is 0.352 e. The van der Waals surface area contributed by atoms with Crippen LogP contribution in [-0.2, 0) is 11.3 Å². The van der Waals surface area contributed by atoms with E-state index in [-0.39, 0.29) is 18.0 Å². The Morgan fingerprint density at radius 1 is 1.28 bits per heavy atom. The SMILES string of the molecule is C[C@H]1CCCN(c2ccn3c(=O)n(CC(=O)Nc4ccc(F)c(F)c4)nc3n2)C1. The van der Waals surface area contributed by atoms with Crippen LogP contribution < -0.4 is 15.9 Å². The molecule has 1 fully saturated rings. The van der Waals surface area contributed by atoms with Gasteiger partial charge in [-0.25, -0.2) is 22.7 Å². The third kappa shape index (κ3) is 3.96. The zero-order valence-corrected chi connectivity index (χ0v) is 15.8. The zero-order chi connectivity index (χ0) is 20.5. The number of anilines is 2. The average molecular weight is 402 g/mol. The van der Waals surface area contributed by atoms with E-state index in [1.54, 1.807) is 12.3 Å². The number of carbonyl (C=O) groups excluding carboxylic acids is 1. The van der Waals surface area contributed by atoms with Crippen LogP contribution in [0.5, 0.6) is 0 Å².